The van der Waals surface area contributed by atoms with Crippen LogP contribution in [0.25, 0.3) is 0 Å². The first-order chi connectivity index (χ1) is 18.8. The van der Waals surface area contributed by atoms with Gasteiger partial charge in [0.25, 0.3) is 0 Å². The predicted octanol–water partition coefficient (Wildman–Crippen LogP) is 0.892. The fourth-order valence-electron chi connectivity index (χ4n) is 6.19. The van der Waals surface area contributed by atoms with Gasteiger partial charge in [-0.2, -0.15) is 0 Å². The number of cyclic esters (lactones) is 1. The van der Waals surface area contributed by atoms with Crippen molar-refractivity contribution in [3.63, 3.8) is 0 Å². The molecule has 210 valence electrons. The van der Waals surface area contributed by atoms with Gasteiger partial charge in [-0.15, -0.1) is 0 Å². The Bertz CT molecular complexity index is 1250. The van der Waals surface area contributed by atoms with Crippen molar-refractivity contribution in [2.45, 2.75) is 43.0 Å². The topological polar surface area (TPSA) is 174 Å². The summed E-state index contributed by atoms with van der Waals surface area (Å²) in [4.78, 5) is 13.3. The number of hydrogen-bond acceptors (Lipinski definition) is 12. The van der Waals surface area contributed by atoms with Crippen LogP contribution in [0.15, 0.2) is 24.3 Å². The summed E-state index contributed by atoms with van der Waals surface area (Å²) in [6, 6.07) is 6.51. The first-order valence-corrected chi connectivity index (χ1v) is 12.8. The zero-order valence-electron chi connectivity index (χ0n) is 21.6. The molecule has 12 nitrogen and oxygen atoms in total. The Hall–Kier alpha value is -3.29. The highest BCUT2D eigenvalue weighted by atomic mass is 16.7. The van der Waals surface area contributed by atoms with E-state index in [9.17, 15) is 15.0 Å². The van der Waals surface area contributed by atoms with Gasteiger partial charge >= 0.3 is 5.97 Å². The molecule has 12 heteroatoms. The highest BCUT2D eigenvalue weighted by Gasteiger charge is 2.54. The number of aliphatic hydroxyl groups is 1. The lowest BCUT2D eigenvalue weighted by Crippen LogP contribution is -2.55. The van der Waals surface area contributed by atoms with E-state index in [1.54, 1.807) is 12.1 Å². The highest BCUT2D eigenvalue weighted by Crippen LogP contribution is 2.56. The molecule has 3 heterocycles. The Morgan fingerprint density at radius 3 is 2.33 bits per heavy atom. The van der Waals surface area contributed by atoms with Crippen LogP contribution in [0.2, 0.25) is 0 Å². The number of phenolic OH excluding ortho intramolecular Hbond substituents is 1. The summed E-state index contributed by atoms with van der Waals surface area (Å²) in [5.74, 6) is -0.494. The van der Waals surface area contributed by atoms with E-state index >= 15 is 0 Å². The van der Waals surface area contributed by atoms with E-state index in [0.717, 1.165) is 11.1 Å². The SMILES string of the molecule is COc1cc([C@@H]2c3cc4c(cc3[C@@H](O[C@H]3C[C@H](N)[C@H](O)[C@@H](CN)O3)[C@H]3COC(=O)[C@H]23)OCO4)cc(OC)c1O. The van der Waals surface area contributed by atoms with Crippen molar-refractivity contribution in [2.75, 3.05) is 34.2 Å². The number of methoxy groups -OCH3 is 2. The molecule has 2 saturated heterocycles. The summed E-state index contributed by atoms with van der Waals surface area (Å²) in [7, 11) is 2.89. The van der Waals surface area contributed by atoms with Crippen molar-refractivity contribution in [1.29, 1.82) is 0 Å². The van der Waals surface area contributed by atoms with Crippen LogP contribution in [-0.4, -0.2) is 74.9 Å². The van der Waals surface area contributed by atoms with E-state index in [1.165, 1.54) is 14.2 Å². The number of hydrogen-bond donors (Lipinski definition) is 4. The molecule has 2 fully saturated rings. The Morgan fingerprint density at radius 1 is 1.03 bits per heavy atom. The van der Waals surface area contributed by atoms with Crippen molar-refractivity contribution >= 4 is 5.97 Å². The summed E-state index contributed by atoms with van der Waals surface area (Å²) in [5, 5.41) is 20.9. The van der Waals surface area contributed by atoms with Gasteiger partial charge in [0.15, 0.2) is 29.3 Å². The van der Waals surface area contributed by atoms with Crippen molar-refractivity contribution in [3.05, 3.63) is 41.0 Å². The smallest absolute Gasteiger partial charge is 0.310 e. The summed E-state index contributed by atoms with van der Waals surface area (Å²) in [5.41, 5.74) is 14.2. The molecule has 3 aliphatic heterocycles. The maximum Gasteiger partial charge on any atom is 0.310 e. The second kappa shape index (κ2) is 10.0. The van der Waals surface area contributed by atoms with Gasteiger partial charge in [-0.25, -0.2) is 0 Å². The van der Waals surface area contributed by atoms with Crippen molar-refractivity contribution < 1.29 is 48.2 Å². The number of phenols is 1. The van der Waals surface area contributed by atoms with Crippen LogP contribution in [0.5, 0.6) is 28.7 Å². The number of carbonyl (C=O) groups is 1. The van der Waals surface area contributed by atoms with Crippen LogP contribution in [0, 0.1) is 11.8 Å². The number of nitrogens with two attached hydrogens (primary N) is 2. The Labute approximate surface area is 224 Å². The molecule has 0 amide bonds. The monoisotopic (exact) mass is 544 g/mol. The van der Waals surface area contributed by atoms with Gasteiger partial charge in [0.2, 0.25) is 12.5 Å². The Kier molecular flexibility index (Phi) is 6.68. The van der Waals surface area contributed by atoms with Crippen molar-refractivity contribution in [3.8, 4) is 28.7 Å². The van der Waals surface area contributed by atoms with Crippen LogP contribution < -0.4 is 30.4 Å². The van der Waals surface area contributed by atoms with Gasteiger partial charge < -0.3 is 54.8 Å². The van der Waals surface area contributed by atoms with Crippen LogP contribution in [-0.2, 0) is 19.0 Å². The molecule has 2 aromatic carbocycles. The summed E-state index contributed by atoms with van der Waals surface area (Å²) >= 11 is 0. The first kappa shape index (κ1) is 26.0. The lowest BCUT2D eigenvalue weighted by atomic mass is 9.66. The van der Waals surface area contributed by atoms with Crippen molar-refractivity contribution in [2.24, 2.45) is 23.3 Å². The van der Waals surface area contributed by atoms with Gasteiger partial charge in [-0.3, -0.25) is 4.79 Å². The molecular weight excluding hydrogens is 512 g/mol. The van der Waals surface area contributed by atoms with E-state index in [1.807, 2.05) is 12.1 Å². The minimum Gasteiger partial charge on any atom is -0.502 e. The lowest BCUT2D eigenvalue weighted by molar-refractivity contribution is -0.251. The number of benzene rings is 2. The van der Waals surface area contributed by atoms with Crippen LogP contribution in [0.3, 0.4) is 0 Å². The second-order valence-electron chi connectivity index (χ2n) is 10.2. The quantitative estimate of drug-likeness (QED) is 0.379. The zero-order chi connectivity index (χ0) is 27.4. The molecule has 0 unspecified atom stereocenters. The highest BCUT2D eigenvalue weighted by molar-refractivity contribution is 5.79. The third kappa shape index (κ3) is 4.23. The van der Waals surface area contributed by atoms with Gasteiger partial charge in [-0.05, 0) is 41.0 Å². The fourth-order valence-corrected chi connectivity index (χ4v) is 6.19. The molecule has 39 heavy (non-hydrogen) atoms. The van der Waals surface area contributed by atoms with E-state index in [2.05, 4.69) is 0 Å². The number of fused-ring (bicyclic) bond motifs is 3. The van der Waals surface area contributed by atoms with Crippen molar-refractivity contribution in [1.82, 2.24) is 0 Å². The molecule has 8 atom stereocenters. The van der Waals surface area contributed by atoms with E-state index in [0.29, 0.717) is 17.1 Å². The third-order valence-corrected chi connectivity index (χ3v) is 8.12. The van der Waals surface area contributed by atoms with E-state index < -0.39 is 42.5 Å². The third-order valence-electron chi connectivity index (χ3n) is 8.12. The number of rotatable bonds is 6. The first-order valence-electron chi connectivity index (χ1n) is 12.8. The summed E-state index contributed by atoms with van der Waals surface area (Å²) in [6.07, 6.45) is -2.72. The number of carbonyl (C=O) groups excluding carboxylic acids is 1. The molecule has 0 saturated carbocycles. The van der Waals surface area contributed by atoms with Crippen LogP contribution in [0.1, 0.15) is 35.1 Å². The van der Waals surface area contributed by atoms with Gasteiger partial charge in [0.05, 0.1) is 39.0 Å². The van der Waals surface area contributed by atoms with Crippen LogP contribution in [0.4, 0.5) is 0 Å². The molecule has 1 aliphatic carbocycles. The summed E-state index contributed by atoms with van der Waals surface area (Å²) in [6.45, 7) is 0.280. The molecule has 2 aromatic rings. The van der Waals surface area contributed by atoms with Crippen LogP contribution >= 0.6 is 0 Å². The molecule has 0 spiro atoms. The Balaban J connectivity index is 1.47. The number of aromatic hydroxyl groups is 1. The normalized spacial score (nSPS) is 32.8. The number of ether oxygens (including phenoxy) is 7. The number of esters is 1. The molecule has 0 bridgehead atoms. The maximum atomic E-state index is 13.3. The Morgan fingerprint density at radius 2 is 1.69 bits per heavy atom. The minimum absolute atomic E-state index is 0.0703. The fraction of sp³-hybridized carbons (Fsp3) is 0.519. The predicted molar refractivity (Wildman–Crippen MR) is 134 cm³/mol. The molecule has 6 rings (SSSR count). The summed E-state index contributed by atoms with van der Waals surface area (Å²) < 4.78 is 40.3. The van der Waals surface area contributed by atoms with Gasteiger partial charge in [0, 0.05) is 30.8 Å². The molecule has 0 aromatic heterocycles. The molecule has 4 aliphatic rings. The molecule has 0 radical (unpaired) electrons. The molecule has 6 N–H and O–H groups in total. The number of aliphatic hydroxyl groups excluding tert-OH is 1. The average molecular weight is 545 g/mol. The largest absolute Gasteiger partial charge is 0.502 e. The van der Waals surface area contributed by atoms with E-state index in [4.69, 9.17) is 44.6 Å². The van der Waals surface area contributed by atoms with Gasteiger partial charge in [0.1, 0.15) is 6.10 Å². The lowest BCUT2D eigenvalue weighted by Gasteiger charge is -2.43. The van der Waals surface area contributed by atoms with Gasteiger partial charge in [-0.1, -0.05) is 0 Å². The second-order valence-corrected chi connectivity index (χ2v) is 10.2. The standard InChI is InChI=1S/C27H32N2O10/c1-33-18-3-11(4-19(34-2)25(18)31)22-12-5-16-17(37-10-36-16)6-13(12)26(14-9-35-27(32)23(14)22)39-21-7-15(29)24(30)20(8-28)38-21/h3-6,14-15,20-24,26,30-31H,7-10,28-29H2,1-2H3/t14-,15-,20+,21-,22+,23-,24-,26+/m0/s1. The minimum atomic E-state index is -0.907. The maximum absolute atomic E-state index is 13.3. The molecular formula is C27H32N2O10. The zero-order valence-corrected chi connectivity index (χ0v) is 21.6. The van der Waals surface area contributed by atoms with E-state index in [-0.39, 0.29) is 55.5 Å². The average Bonchev–Trinajstić information content (AvgIpc) is 3.56.